The van der Waals surface area contributed by atoms with Crippen LogP contribution in [0.4, 0.5) is 11.4 Å². The number of hydrogen-bond donors (Lipinski definition) is 1. The highest BCUT2D eigenvalue weighted by molar-refractivity contribution is 7.09. The van der Waals surface area contributed by atoms with Gasteiger partial charge in [0.15, 0.2) is 0 Å². The molecule has 2 aromatic rings. The molecule has 6 heteroatoms. The summed E-state index contributed by atoms with van der Waals surface area (Å²) in [5.74, 6) is 0.520. The van der Waals surface area contributed by atoms with Gasteiger partial charge in [-0.15, -0.1) is 11.3 Å². The molecule has 106 valence electrons. The zero-order valence-electron chi connectivity index (χ0n) is 11.2. The van der Waals surface area contributed by atoms with Crippen molar-refractivity contribution >= 4 is 22.7 Å². The molecule has 0 aliphatic carbocycles. The van der Waals surface area contributed by atoms with Crippen molar-refractivity contribution in [2.45, 2.75) is 13.3 Å². The van der Waals surface area contributed by atoms with Crippen LogP contribution in [0.5, 0.6) is 5.75 Å². The zero-order chi connectivity index (χ0) is 14.4. The molecule has 0 bridgehead atoms. The van der Waals surface area contributed by atoms with E-state index in [1.54, 1.807) is 17.4 Å². The van der Waals surface area contributed by atoms with Crippen molar-refractivity contribution in [1.82, 2.24) is 0 Å². The molecule has 5 nitrogen and oxygen atoms in total. The van der Waals surface area contributed by atoms with E-state index in [0.29, 0.717) is 24.6 Å². The first-order valence-corrected chi connectivity index (χ1v) is 7.25. The number of nitrogens with one attached hydrogen (secondary N) is 1. The molecule has 1 aromatic carbocycles. The maximum atomic E-state index is 10.9. The Kier molecular flexibility index (Phi) is 4.95. The molecule has 0 atom stereocenters. The minimum atomic E-state index is -0.410. The molecule has 0 radical (unpaired) electrons. The molecule has 0 fully saturated rings. The van der Waals surface area contributed by atoms with Gasteiger partial charge < -0.3 is 10.1 Å². The van der Waals surface area contributed by atoms with Crippen molar-refractivity contribution < 1.29 is 9.66 Å². The maximum Gasteiger partial charge on any atom is 0.275 e. The normalized spacial score (nSPS) is 10.2. The lowest BCUT2D eigenvalue weighted by molar-refractivity contribution is -0.384. The number of hydrogen-bond acceptors (Lipinski definition) is 5. The fourth-order valence-corrected chi connectivity index (χ4v) is 2.49. The van der Waals surface area contributed by atoms with Crippen molar-refractivity contribution in [2.24, 2.45) is 0 Å². The molecule has 0 unspecified atom stereocenters. The number of anilines is 1. The molecule has 1 aromatic heterocycles. The highest BCUT2D eigenvalue weighted by Gasteiger charge is 2.10. The number of nitro benzene ring substituents is 1. The maximum absolute atomic E-state index is 10.9. The highest BCUT2D eigenvalue weighted by atomic mass is 32.1. The molecule has 0 saturated carbocycles. The van der Waals surface area contributed by atoms with Gasteiger partial charge in [0.25, 0.3) is 5.69 Å². The van der Waals surface area contributed by atoms with Crippen molar-refractivity contribution in [2.75, 3.05) is 18.5 Å². The molecule has 1 heterocycles. The van der Waals surface area contributed by atoms with Gasteiger partial charge in [-0.2, -0.15) is 0 Å². The van der Waals surface area contributed by atoms with Crippen LogP contribution in [0.2, 0.25) is 0 Å². The van der Waals surface area contributed by atoms with Crippen LogP contribution in [-0.4, -0.2) is 18.1 Å². The second kappa shape index (κ2) is 6.91. The number of benzene rings is 1. The van der Waals surface area contributed by atoms with E-state index in [1.165, 1.54) is 17.0 Å². The van der Waals surface area contributed by atoms with Gasteiger partial charge >= 0.3 is 0 Å². The van der Waals surface area contributed by atoms with Crippen molar-refractivity contribution in [3.63, 3.8) is 0 Å². The third-order valence-electron chi connectivity index (χ3n) is 2.68. The number of rotatable bonds is 7. The summed E-state index contributed by atoms with van der Waals surface area (Å²) in [5, 5.41) is 16.0. The molecule has 0 aliphatic rings. The summed E-state index contributed by atoms with van der Waals surface area (Å²) in [4.78, 5) is 11.7. The van der Waals surface area contributed by atoms with Gasteiger partial charge in [0.05, 0.1) is 17.6 Å². The monoisotopic (exact) mass is 292 g/mol. The molecular formula is C14H16N2O3S. The predicted molar refractivity (Wildman–Crippen MR) is 80.8 cm³/mol. The zero-order valence-corrected chi connectivity index (χ0v) is 12.0. The van der Waals surface area contributed by atoms with Gasteiger partial charge in [0, 0.05) is 35.7 Å². The Labute approximate surface area is 121 Å². The van der Waals surface area contributed by atoms with E-state index in [9.17, 15) is 10.1 Å². The number of nitro groups is 1. The largest absolute Gasteiger partial charge is 0.493 e. The topological polar surface area (TPSA) is 64.4 Å². The lowest BCUT2D eigenvalue weighted by Crippen LogP contribution is -2.03. The summed E-state index contributed by atoms with van der Waals surface area (Å²) >= 11 is 1.68. The van der Waals surface area contributed by atoms with Gasteiger partial charge in [-0.3, -0.25) is 10.1 Å². The molecule has 20 heavy (non-hydrogen) atoms. The molecule has 0 spiro atoms. The Morgan fingerprint density at radius 1 is 1.40 bits per heavy atom. The summed E-state index contributed by atoms with van der Waals surface area (Å²) in [6, 6.07) is 8.79. The standard InChI is InChI=1S/C14H16N2O3S/c1-2-15-11-8-12(16(17)18)10-13(9-11)19-6-5-14-4-3-7-20-14/h3-4,7-10,15H,2,5-6H2,1H3. The third-order valence-corrected chi connectivity index (χ3v) is 3.62. The average Bonchev–Trinajstić information content (AvgIpc) is 2.92. The van der Waals surface area contributed by atoms with E-state index < -0.39 is 4.92 Å². The van der Waals surface area contributed by atoms with Crippen LogP contribution in [0.25, 0.3) is 0 Å². The number of thiophene rings is 1. The van der Waals surface area contributed by atoms with Crippen molar-refractivity contribution in [1.29, 1.82) is 0 Å². The molecule has 0 amide bonds. The van der Waals surface area contributed by atoms with Gasteiger partial charge in [-0.25, -0.2) is 0 Å². The number of nitrogens with zero attached hydrogens (tertiary/aromatic N) is 1. The minimum Gasteiger partial charge on any atom is -0.493 e. The lowest BCUT2D eigenvalue weighted by Gasteiger charge is -2.08. The van der Waals surface area contributed by atoms with Crippen LogP contribution in [0.3, 0.4) is 0 Å². The molecule has 0 saturated heterocycles. The van der Waals surface area contributed by atoms with Crippen LogP contribution in [0.15, 0.2) is 35.7 Å². The van der Waals surface area contributed by atoms with E-state index in [0.717, 1.165) is 6.42 Å². The summed E-state index contributed by atoms with van der Waals surface area (Å²) in [5.41, 5.74) is 0.738. The second-order valence-electron chi connectivity index (χ2n) is 4.18. The Bertz CT molecular complexity index is 570. The molecule has 2 rings (SSSR count). The minimum absolute atomic E-state index is 0.0366. The summed E-state index contributed by atoms with van der Waals surface area (Å²) in [6.45, 7) is 3.15. The first-order chi connectivity index (χ1) is 9.69. The first-order valence-electron chi connectivity index (χ1n) is 6.37. The Hall–Kier alpha value is -2.08. The average molecular weight is 292 g/mol. The number of non-ortho nitro benzene ring substituents is 1. The predicted octanol–water partition coefficient (Wildman–Crippen LogP) is 3.71. The van der Waals surface area contributed by atoms with Crippen LogP contribution < -0.4 is 10.1 Å². The highest BCUT2D eigenvalue weighted by Crippen LogP contribution is 2.26. The molecule has 0 aliphatic heterocycles. The quantitative estimate of drug-likeness (QED) is 0.624. The van der Waals surface area contributed by atoms with Crippen LogP contribution in [0.1, 0.15) is 11.8 Å². The Balaban J connectivity index is 2.03. The Morgan fingerprint density at radius 3 is 2.90 bits per heavy atom. The summed E-state index contributed by atoms with van der Waals surface area (Å²) in [6.07, 6.45) is 0.802. The van der Waals surface area contributed by atoms with Crippen LogP contribution in [-0.2, 0) is 6.42 Å². The second-order valence-corrected chi connectivity index (χ2v) is 5.21. The third kappa shape index (κ3) is 3.96. The van der Waals surface area contributed by atoms with E-state index in [-0.39, 0.29) is 5.69 Å². The lowest BCUT2D eigenvalue weighted by atomic mass is 10.2. The SMILES string of the molecule is CCNc1cc(OCCc2cccs2)cc([N+](=O)[O-])c1. The molecular weight excluding hydrogens is 276 g/mol. The van der Waals surface area contributed by atoms with Crippen molar-refractivity contribution in [3.8, 4) is 5.75 Å². The van der Waals surface area contributed by atoms with Gasteiger partial charge in [-0.1, -0.05) is 6.07 Å². The van der Waals surface area contributed by atoms with Gasteiger partial charge in [0.2, 0.25) is 0 Å². The van der Waals surface area contributed by atoms with Gasteiger partial charge in [0.1, 0.15) is 5.75 Å². The smallest absolute Gasteiger partial charge is 0.275 e. The summed E-state index contributed by atoms with van der Waals surface area (Å²) < 4.78 is 5.62. The summed E-state index contributed by atoms with van der Waals surface area (Å²) in [7, 11) is 0. The Morgan fingerprint density at radius 2 is 2.25 bits per heavy atom. The van der Waals surface area contributed by atoms with Gasteiger partial charge in [-0.05, 0) is 18.4 Å². The van der Waals surface area contributed by atoms with Crippen LogP contribution >= 0.6 is 11.3 Å². The fraction of sp³-hybridized carbons (Fsp3) is 0.286. The van der Waals surface area contributed by atoms with E-state index >= 15 is 0 Å². The first kappa shape index (κ1) is 14.3. The van der Waals surface area contributed by atoms with Crippen LogP contribution in [0, 0.1) is 10.1 Å². The van der Waals surface area contributed by atoms with Crippen molar-refractivity contribution in [3.05, 3.63) is 50.7 Å². The van der Waals surface area contributed by atoms with E-state index in [4.69, 9.17) is 4.74 Å². The molecule has 1 N–H and O–H groups in total. The fourth-order valence-electron chi connectivity index (χ4n) is 1.80. The van der Waals surface area contributed by atoms with E-state index in [1.807, 2.05) is 24.4 Å². The van der Waals surface area contributed by atoms with E-state index in [2.05, 4.69) is 5.32 Å². The number of ether oxygens (including phenoxy) is 1.